The van der Waals surface area contributed by atoms with E-state index in [-0.39, 0.29) is 5.82 Å². The van der Waals surface area contributed by atoms with Gasteiger partial charge in [0, 0.05) is 0 Å². The number of ether oxygens (including phenoxy) is 1. The van der Waals surface area contributed by atoms with Crippen LogP contribution in [0.4, 0.5) is 0 Å². The number of nitrogens with zero attached hydrogens (tertiary/aromatic N) is 3. The lowest BCUT2D eigenvalue weighted by Crippen LogP contribution is -2.33. The second-order valence-corrected chi connectivity index (χ2v) is 3.64. The van der Waals surface area contributed by atoms with Crippen LogP contribution in [0.2, 0.25) is 0 Å². The number of carbonyl (C=O) groups excluding carboxylic acids is 1. The van der Waals surface area contributed by atoms with Gasteiger partial charge in [0.1, 0.15) is 24.6 Å². The number of hydrogen-bond acceptors (Lipinski definition) is 7. The molecular formula is C8H12N4O5. The van der Waals surface area contributed by atoms with Gasteiger partial charge in [-0.25, -0.2) is 9.67 Å². The van der Waals surface area contributed by atoms with Gasteiger partial charge < -0.3 is 25.8 Å². The van der Waals surface area contributed by atoms with Crippen molar-refractivity contribution in [1.29, 1.82) is 0 Å². The summed E-state index contributed by atoms with van der Waals surface area (Å²) in [5.74, 6) is -1.03. The van der Waals surface area contributed by atoms with Gasteiger partial charge >= 0.3 is 0 Å². The maximum absolute atomic E-state index is 10.8. The van der Waals surface area contributed by atoms with E-state index in [1.807, 2.05) is 0 Å². The molecule has 9 nitrogen and oxygen atoms in total. The monoisotopic (exact) mass is 244 g/mol. The van der Waals surface area contributed by atoms with Crippen LogP contribution >= 0.6 is 0 Å². The Hall–Kier alpha value is -1.55. The molecule has 0 saturated carbocycles. The van der Waals surface area contributed by atoms with Crippen LogP contribution < -0.4 is 5.73 Å². The van der Waals surface area contributed by atoms with E-state index in [1.165, 1.54) is 0 Å². The summed E-state index contributed by atoms with van der Waals surface area (Å²) in [6.07, 6.45) is -3.26. The molecule has 0 radical (unpaired) electrons. The number of hydrogen-bond donors (Lipinski definition) is 4. The molecule has 0 unspecified atom stereocenters. The molecule has 1 aliphatic rings. The summed E-state index contributed by atoms with van der Waals surface area (Å²) >= 11 is 0. The number of aliphatic hydroxyl groups is 3. The van der Waals surface area contributed by atoms with Crippen molar-refractivity contribution < 1.29 is 24.9 Å². The third kappa shape index (κ3) is 2.00. The van der Waals surface area contributed by atoms with Gasteiger partial charge in [-0.3, -0.25) is 4.79 Å². The molecule has 4 atom stereocenters. The molecule has 9 heteroatoms. The first-order valence-corrected chi connectivity index (χ1v) is 4.88. The Morgan fingerprint density at radius 2 is 2.24 bits per heavy atom. The minimum Gasteiger partial charge on any atom is -0.394 e. The second kappa shape index (κ2) is 4.37. The molecule has 1 aromatic rings. The fraction of sp³-hybridized carbons (Fsp3) is 0.625. The minimum absolute atomic E-state index is 0.220. The van der Waals surface area contributed by atoms with Crippen LogP contribution in [0.5, 0.6) is 0 Å². The van der Waals surface area contributed by atoms with Gasteiger partial charge in [0.05, 0.1) is 6.61 Å². The van der Waals surface area contributed by atoms with Gasteiger partial charge in [0.15, 0.2) is 6.23 Å². The topological polar surface area (TPSA) is 144 Å². The number of primary amides is 1. The molecule has 5 N–H and O–H groups in total. The van der Waals surface area contributed by atoms with Crippen molar-refractivity contribution in [3.05, 3.63) is 12.2 Å². The van der Waals surface area contributed by atoms with Crippen molar-refractivity contribution >= 4 is 5.91 Å². The fourth-order valence-corrected chi connectivity index (χ4v) is 1.61. The Bertz CT molecular complexity index is 422. The van der Waals surface area contributed by atoms with Gasteiger partial charge in [-0.05, 0) is 0 Å². The van der Waals surface area contributed by atoms with E-state index in [4.69, 9.17) is 15.6 Å². The summed E-state index contributed by atoms with van der Waals surface area (Å²) < 4.78 is 6.25. The van der Waals surface area contributed by atoms with Gasteiger partial charge in [0.2, 0.25) is 5.82 Å². The van der Waals surface area contributed by atoms with E-state index in [0.29, 0.717) is 0 Å². The standard InChI is InChI=1S/C8H12N4O5/c9-6(16)7-10-2-12(11-7)8-5(15)4(14)3(1-13)17-8/h2-5,8,13-15H,1H2,(H2,9,16)/t3-,4-,5+,8-/m0/s1. The predicted molar refractivity (Wildman–Crippen MR) is 51.5 cm³/mol. The zero-order chi connectivity index (χ0) is 12.6. The third-order valence-corrected chi connectivity index (χ3v) is 2.51. The van der Waals surface area contributed by atoms with E-state index in [1.54, 1.807) is 0 Å². The summed E-state index contributed by atoms with van der Waals surface area (Å²) in [7, 11) is 0. The van der Waals surface area contributed by atoms with Crippen molar-refractivity contribution in [1.82, 2.24) is 14.8 Å². The molecule has 0 aromatic carbocycles. The molecule has 17 heavy (non-hydrogen) atoms. The molecule has 0 spiro atoms. The molecule has 0 aliphatic carbocycles. The summed E-state index contributed by atoms with van der Waals surface area (Å²) in [4.78, 5) is 14.4. The van der Waals surface area contributed by atoms with Crippen LogP contribution in [-0.2, 0) is 4.74 Å². The van der Waals surface area contributed by atoms with Crippen LogP contribution in [0.3, 0.4) is 0 Å². The summed E-state index contributed by atoms with van der Waals surface area (Å²) in [6.45, 7) is -0.438. The van der Waals surface area contributed by atoms with E-state index < -0.39 is 37.1 Å². The molecular weight excluding hydrogens is 232 g/mol. The average molecular weight is 244 g/mol. The third-order valence-electron chi connectivity index (χ3n) is 2.51. The summed E-state index contributed by atoms with van der Waals surface area (Å²) in [5.41, 5.74) is 4.97. The maximum atomic E-state index is 10.8. The van der Waals surface area contributed by atoms with Crippen molar-refractivity contribution in [2.24, 2.45) is 5.73 Å². The van der Waals surface area contributed by atoms with E-state index >= 15 is 0 Å². The molecule has 1 aromatic heterocycles. The van der Waals surface area contributed by atoms with Gasteiger partial charge in [-0.1, -0.05) is 0 Å². The Balaban J connectivity index is 2.19. The summed E-state index contributed by atoms with van der Waals surface area (Å²) in [5, 5.41) is 31.8. The SMILES string of the molecule is NC(=O)c1ncn([C@H]2O[C@@H](CO)[C@H](O)[C@H]2O)n1. The number of nitrogens with two attached hydrogens (primary N) is 1. The predicted octanol–water partition coefficient (Wildman–Crippen LogP) is -3.01. The first-order valence-electron chi connectivity index (χ1n) is 4.88. The smallest absolute Gasteiger partial charge is 0.288 e. The number of rotatable bonds is 3. The molecule has 1 amide bonds. The number of aliphatic hydroxyl groups excluding tert-OH is 3. The Labute approximate surface area is 95.4 Å². The molecule has 1 aliphatic heterocycles. The fourth-order valence-electron chi connectivity index (χ4n) is 1.61. The van der Waals surface area contributed by atoms with Crippen molar-refractivity contribution in [3.8, 4) is 0 Å². The maximum Gasteiger partial charge on any atom is 0.288 e. The van der Waals surface area contributed by atoms with E-state index in [9.17, 15) is 15.0 Å². The van der Waals surface area contributed by atoms with Gasteiger partial charge in [-0.15, -0.1) is 5.10 Å². The van der Waals surface area contributed by atoms with Crippen LogP contribution in [0.25, 0.3) is 0 Å². The highest BCUT2D eigenvalue weighted by Crippen LogP contribution is 2.28. The van der Waals surface area contributed by atoms with E-state index in [2.05, 4.69) is 10.1 Å². The molecule has 1 fully saturated rings. The van der Waals surface area contributed by atoms with Crippen LogP contribution in [0.15, 0.2) is 6.33 Å². The van der Waals surface area contributed by atoms with Crippen molar-refractivity contribution in [2.75, 3.05) is 6.61 Å². The molecule has 2 heterocycles. The van der Waals surface area contributed by atoms with Gasteiger partial charge in [0.25, 0.3) is 5.91 Å². The zero-order valence-electron chi connectivity index (χ0n) is 8.67. The lowest BCUT2D eigenvalue weighted by Gasteiger charge is -2.13. The van der Waals surface area contributed by atoms with Gasteiger partial charge in [-0.2, -0.15) is 0 Å². The number of carbonyl (C=O) groups is 1. The van der Waals surface area contributed by atoms with Crippen molar-refractivity contribution in [2.45, 2.75) is 24.5 Å². The first kappa shape index (κ1) is 11.9. The van der Waals surface area contributed by atoms with E-state index in [0.717, 1.165) is 11.0 Å². The lowest BCUT2D eigenvalue weighted by molar-refractivity contribution is -0.0588. The molecule has 0 bridgehead atoms. The largest absolute Gasteiger partial charge is 0.394 e. The van der Waals surface area contributed by atoms with Crippen LogP contribution in [-0.4, -0.2) is 60.9 Å². The first-order chi connectivity index (χ1) is 8.04. The quantitative estimate of drug-likeness (QED) is 0.443. The van der Waals surface area contributed by atoms with Crippen LogP contribution in [0.1, 0.15) is 16.8 Å². The Morgan fingerprint density at radius 1 is 1.53 bits per heavy atom. The highest BCUT2D eigenvalue weighted by atomic mass is 16.6. The highest BCUT2D eigenvalue weighted by molar-refractivity contribution is 5.88. The Morgan fingerprint density at radius 3 is 2.71 bits per heavy atom. The lowest BCUT2D eigenvalue weighted by atomic mass is 10.1. The molecule has 94 valence electrons. The zero-order valence-corrected chi connectivity index (χ0v) is 8.67. The molecule has 1 saturated heterocycles. The minimum atomic E-state index is -1.27. The normalized spacial score (nSPS) is 32.9. The second-order valence-electron chi connectivity index (χ2n) is 3.64. The molecule has 2 rings (SSSR count). The highest BCUT2D eigenvalue weighted by Gasteiger charge is 2.43. The number of aromatic nitrogens is 3. The average Bonchev–Trinajstić information content (AvgIpc) is 2.87. The van der Waals surface area contributed by atoms with Crippen molar-refractivity contribution in [3.63, 3.8) is 0 Å². The summed E-state index contributed by atoms with van der Waals surface area (Å²) in [6, 6.07) is 0. The van der Waals surface area contributed by atoms with Crippen LogP contribution in [0, 0.1) is 0 Å². The number of amides is 1. The Kier molecular flexibility index (Phi) is 3.07.